The summed E-state index contributed by atoms with van der Waals surface area (Å²) in [6, 6.07) is 9.31. The Morgan fingerprint density at radius 2 is 2.17 bits per heavy atom. The van der Waals surface area contributed by atoms with Gasteiger partial charge in [-0.25, -0.2) is 15.6 Å². The molecule has 0 aromatic heterocycles. The summed E-state index contributed by atoms with van der Waals surface area (Å²) in [5.74, 6) is 5.71. The van der Waals surface area contributed by atoms with Gasteiger partial charge in [0.2, 0.25) is 0 Å². The maximum Gasteiger partial charge on any atom is 0.424 e. The van der Waals surface area contributed by atoms with Crippen LogP contribution in [0, 0.1) is 0 Å². The van der Waals surface area contributed by atoms with E-state index in [4.69, 9.17) is 10.6 Å². The number of ether oxygens (including phenoxy) is 1. The lowest BCUT2D eigenvalue weighted by Gasteiger charge is -2.23. The van der Waals surface area contributed by atoms with Gasteiger partial charge in [0, 0.05) is 0 Å². The number of nitrogens with two attached hydrogens (primary N) is 1. The lowest BCUT2D eigenvalue weighted by Crippen LogP contribution is -2.44. The van der Waals surface area contributed by atoms with Crippen molar-refractivity contribution in [3.05, 3.63) is 48.6 Å². The number of hydrazine groups is 1. The molecule has 2 N–H and O–H groups in total. The van der Waals surface area contributed by atoms with Crippen LogP contribution in [0.15, 0.2) is 43.0 Å². The van der Waals surface area contributed by atoms with Crippen molar-refractivity contribution in [1.82, 2.24) is 5.01 Å². The first-order valence-corrected chi connectivity index (χ1v) is 6.06. The Kier molecular flexibility index (Phi) is 5.94. The third kappa shape index (κ3) is 4.22. The molecule has 1 unspecified atom stereocenters. The number of amides is 1. The second kappa shape index (κ2) is 7.50. The second-order valence-corrected chi connectivity index (χ2v) is 4.04. The van der Waals surface area contributed by atoms with Crippen molar-refractivity contribution >= 4 is 6.09 Å². The number of nitrogens with zero attached hydrogens (tertiary/aromatic N) is 1. The van der Waals surface area contributed by atoms with Gasteiger partial charge >= 0.3 is 6.09 Å². The van der Waals surface area contributed by atoms with Crippen LogP contribution in [0.2, 0.25) is 0 Å². The molecule has 4 nitrogen and oxygen atoms in total. The van der Waals surface area contributed by atoms with Crippen LogP contribution in [0.5, 0.6) is 0 Å². The van der Waals surface area contributed by atoms with Crippen LogP contribution in [-0.4, -0.2) is 17.1 Å². The molecule has 1 aromatic carbocycles. The van der Waals surface area contributed by atoms with Gasteiger partial charge in [0.05, 0.1) is 6.04 Å². The van der Waals surface area contributed by atoms with Gasteiger partial charge in [0.25, 0.3) is 0 Å². The molecule has 0 aliphatic heterocycles. The van der Waals surface area contributed by atoms with Crippen molar-refractivity contribution < 1.29 is 9.53 Å². The number of benzene rings is 1. The third-order valence-corrected chi connectivity index (χ3v) is 2.63. The van der Waals surface area contributed by atoms with E-state index in [1.807, 2.05) is 37.3 Å². The van der Waals surface area contributed by atoms with Gasteiger partial charge in [0.15, 0.2) is 0 Å². The Balaban J connectivity index is 2.47. The molecule has 1 atom stereocenters. The Morgan fingerprint density at radius 3 is 2.72 bits per heavy atom. The van der Waals surface area contributed by atoms with Gasteiger partial charge < -0.3 is 4.74 Å². The van der Waals surface area contributed by atoms with E-state index in [1.165, 1.54) is 0 Å². The number of hydrogen-bond donors (Lipinski definition) is 1. The minimum absolute atomic E-state index is 0.182. The summed E-state index contributed by atoms with van der Waals surface area (Å²) in [7, 11) is 0. The Bertz CT molecular complexity index is 379. The van der Waals surface area contributed by atoms with Crippen molar-refractivity contribution in [2.75, 3.05) is 0 Å². The Morgan fingerprint density at radius 1 is 1.50 bits per heavy atom. The van der Waals surface area contributed by atoms with Gasteiger partial charge in [-0.3, -0.25) is 0 Å². The molecule has 0 saturated heterocycles. The third-order valence-electron chi connectivity index (χ3n) is 2.63. The fraction of sp³-hybridized carbons (Fsp3) is 0.357. The average molecular weight is 248 g/mol. The molecule has 1 amide bonds. The summed E-state index contributed by atoms with van der Waals surface area (Å²) in [5, 5.41) is 1.10. The molecule has 0 saturated carbocycles. The van der Waals surface area contributed by atoms with Crippen molar-refractivity contribution in [1.29, 1.82) is 0 Å². The molecule has 0 spiro atoms. The van der Waals surface area contributed by atoms with E-state index < -0.39 is 6.09 Å². The van der Waals surface area contributed by atoms with Gasteiger partial charge in [-0.2, -0.15) is 0 Å². The van der Waals surface area contributed by atoms with Crippen molar-refractivity contribution in [2.45, 2.75) is 32.4 Å². The topological polar surface area (TPSA) is 55.6 Å². The molecule has 0 aliphatic rings. The minimum Gasteiger partial charge on any atom is -0.444 e. The smallest absolute Gasteiger partial charge is 0.424 e. The lowest BCUT2D eigenvalue weighted by atomic mass is 10.1. The zero-order chi connectivity index (χ0) is 13.4. The van der Waals surface area contributed by atoms with Crippen LogP contribution in [-0.2, 0) is 11.3 Å². The molecular formula is C14H20N2O2. The Labute approximate surface area is 108 Å². The summed E-state index contributed by atoms with van der Waals surface area (Å²) >= 11 is 0. The maximum absolute atomic E-state index is 11.7. The fourth-order valence-electron chi connectivity index (χ4n) is 1.60. The summed E-state index contributed by atoms with van der Waals surface area (Å²) in [4.78, 5) is 11.7. The van der Waals surface area contributed by atoms with Crippen molar-refractivity contribution in [2.24, 2.45) is 5.84 Å². The highest BCUT2D eigenvalue weighted by molar-refractivity contribution is 5.67. The average Bonchev–Trinajstić information content (AvgIpc) is 2.42. The molecule has 0 bridgehead atoms. The molecule has 1 aromatic rings. The standard InChI is InChI=1S/C14H20N2O2/c1-3-8-13(4-2)16(15)14(17)18-11-12-9-6-5-7-10-12/h4-7,9-10,13H,2-3,8,11,15H2,1H3. The summed E-state index contributed by atoms with van der Waals surface area (Å²) in [6.45, 7) is 5.92. The summed E-state index contributed by atoms with van der Waals surface area (Å²) in [6.07, 6.45) is 2.83. The molecule has 0 aliphatic carbocycles. The van der Waals surface area contributed by atoms with Gasteiger partial charge in [0.1, 0.15) is 6.61 Å². The van der Waals surface area contributed by atoms with Crippen molar-refractivity contribution in [3.63, 3.8) is 0 Å². The van der Waals surface area contributed by atoms with E-state index >= 15 is 0 Å². The monoisotopic (exact) mass is 248 g/mol. The van der Waals surface area contributed by atoms with E-state index in [0.29, 0.717) is 0 Å². The van der Waals surface area contributed by atoms with E-state index in [1.54, 1.807) is 6.08 Å². The summed E-state index contributed by atoms with van der Waals surface area (Å²) in [5.41, 5.74) is 0.935. The number of carbonyl (C=O) groups is 1. The zero-order valence-corrected chi connectivity index (χ0v) is 10.7. The van der Waals surface area contributed by atoms with Crippen LogP contribution in [0.25, 0.3) is 0 Å². The van der Waals surface area contributed by atoms with Gasteiger partial charge in [-0.15, -0.1) is 6.58 Å². The van der Waals surface area contributed by atoms with Gasteiger partial charge in [-0.05, 0) is 12.0 Å². The minimum atomic E-state index is -0.530. The highest BCUT2D eigenvalue weighted by atomic mass is 16.6. The molecule has 0 fully saturated rings. The maximum atomic E-state index is 11.7. The first kappa shape index (κ1) is 14.3. The predicted octanol–water partition coefficient (Wildman–Crippen LogP) is 2.85. The van der Waals surface area contributed by atoms with Crippen LogP contribution < -0.4 is 5.84 Å². The van der Waals surface area contributed by atoms with E-state index in [0.717, 1.165) is 23.4 Å². The lowest BCUT2D eigenvalue weighted by molar-refractivity contribution is 0.0860. The molecule has 0 radical (unpaired) electrons. The molecule has 98 valence electrons. The van der Waals surface area contributed by atoms with Crippen LogP contribution >= 0.6 is 0 Å². The van der Waals surface area contributed by atoms with Crippen LogP contribution in [0.1, 0.15) is 25.3 Å². The fourth-order valence-corrected chi connectivity index (χ4v) is 1.60. The molecule has 0 heterocycles. The quantitative estimate of drug-likeness (QED) is 0.364. The molecule has 1 rings (SSSR count). The highest BCUT2D eigenvalue weighted by Crippen LogP contribution is 2.07. The SMILES string of the molecule is C=CC(CCC)N(N)C(=O)OCc1ccccc1. The van der Waals surface area contributed by atoms with E-state index in [2.05, 4.69) is 6.58 Å². The first-order valence-electron chi connectivity index (χ1n) is 6.06. The number of rotatable bonds is 6. The van der Waals surface area contributed by atoms with Crippen molar-refractivity contribution in [3.8, 4) is 0 Å². The Hall–Kier alpha value is -1.81. The summed E-state index contributed by atoms with van der Waals surface area (Å²) < 4.78 is 5.13. The normalized spacial score (nSPS) is 11.7. The van der Waals surface area contributed by atoms with Gasteiger partial charge in [-0.1, -0.05) is 49.8 Å². The van der Waals surface area contributed by atoms with Crippen LogP contribution in [0.4, 0.5) is 4.79 Å². The van der Waals surface area contributed by atoms with E-state index in [9.17, 15) is 4.79 Å². The number of carbonyl (C=O) groups excluding carboxylic acids is 1. The zero-order valence-electron chi connectivity index (χ0n) is 10.7. The number of hydrogen-bond acceptors (Lipinski definition) is 3. The molecule has 18 heavy (non-hydrogen) atoms. The first-order chi connectivity index (χ1) is 8.69. The molecule has 4 heteroatoms. The van der Waals surface area contributed by atoms with Crippen LogP contribution in [0.3, 0.4) is 0 Å². The highest BCUT2D eigenvalue weighted by Gasteiger charge is 2.18. The largest absolute Gasteiger partial charge is 0.444 e. The second-order valence-electron chi connectivity index (χ2n) is 4.04. The predicted molar refractivity (Wildman–Crippen MR) is 71.5 cm³/mol. The molecular weight excluding hydrogens is 228 g/mol. The van der Waals surface area contributed by atoms with E-state index in [-0.39, 0.29) is 12.6 Å².